The zero-order chi connectivity index (χ0) is 15.4. The molecule has 0 radical (unpaired) electrons. The number of nitrogens with zero attached hydrogens (tertiary/aromatic N) is 2. The summed E-state index contributed by atoms with van der Waals surface area (Å²) in [5, 5.41) is 6.15. The molecule has 2 N–H and O–H groups in total. The second-order valence-electron chi connectivity index (χ2n) is 4.48. The fraction of sp³-hybridized carbons (Fsp3) is 0.917. The van der Waals surface area contributed by atoms with Gasteiger partial charge >= 0.3 is 6.18 Å². The number of halogens is 3. The summed E-state index contributed by atoms with van der Waals surface area (Å²) in [6.07, 6.45) is -2.65. The molecule has 0 aromatic heterocycles. The summed E-state index contributed by atoms with van der Waals surface area (Å²) >= 11 is 0. The van der Waals surface area contributed by atoms with Gasteiger partial charge in [0, 0.05) is 33.9 Å². The van der Waals surface area contributed by atoms with Crippen molar-refractivity contribution in [1.82, 2.24) is 15.5 Å². The first kappa shape index (κ1) is 19.0. The van der Waals surface area contributed by atoms with Crippen LogP contribution >= 0.6 is 0 Å². The molecule has 0 bridgehead atoms. The van der Waals surface area contributed by atoms with Crippen molar-refractivity contribution < 1.29 is 17.9 Å². The fourth-order valence-electron chi connectivity index (χ4n) is 1.58. The molecule has 0 atom stereocenters. The first-order valence-corrected chi connectivity index (χ1v) is 6.58. The van der Waals surface area contributed by atoms with Gasteiger partial charge in [-0.2, -0.15) is 13.2 Å². The van der Waals surface area contributed by atoms with E-state index in [1.165, 1.54) is 11.9 Å². The number of nitrogens with one attached hydrogen (secondary N) is 2. The van der Waals surface area contributed by atoms with Crippen LogP contribution in [0.4, 0.5) is 13.2 Å². The van der Waals surface area contributed by atoms with Crippen LogP contribution in [0.2, 0.25) is 0 Å². The summed E-state index contributed by atoms with van der Waals surface area (Å²) < 4.78 is 41.2. The number of hydrogen-bond donors (Lipinski definition) is 2. The molecule has 8 heteroatoms. The molecule has 0 amide bonds. The molecule has 0 rings (SSSR count). The highest BCUT2D eigenvalue weighted by Crippen LogP contribution is 2.15. The predicted octanol–water partition coefficient (Wildman–Crippen LogP) is 1.07. The third-order valence-electron chi connectivity index (χ3n) is 2.50. The minimum Gasteiger partial charge on any atom is -0.385 e. The molecule has 0 aliphatic heterocycles. The van der Waals surface area contributed by atoms with Gasteiger partial charge in [-0.15, -0.1) is 0 Å². The summed E-state index contributed by atoms with van der Waals surface area (Å²) in [6.45, 7) is 1.49. The Morgan fingerprint density at radius 1 is 1.20 bits per heavy atom. The van der Waals surface area contributed by atoms with Crippen LogP contribution in [0, 0.1) is 0 Å². The van der Waals surface area contributed by atoms with Crippen LogP contribution in [-0.4, -0.2) is 71.0 Å². The van der Waals surface area contributed by atoms with Gasteiger partial charge in [0.1, 0.15) is 0 Å². The molecule has 20 heavy (non-hydrogen) atoms. The maximum atomic E-state index is 12.1. The summed E-state index contributed by atoms with van der Waals surface area (Å²) in [5.74, 6) is 0.652. The summed E-state index contributed by atoms with van der Waals surface area (Å²) in [5.41, 5.74) is 0. The summed E-state index contributed by atoms with van der Waals surface area (Å²) in [6, 6.07) is 0. The maximum Gasteiger partial charge on any atom is 0.401 e. The standard InChI is InChI=1S/C12H25F3N4O/c1-16-11(18-7-5-9-20-3)17-6-4-8-19(2)10-12(13,14)15/h4-10H2,1-3H3,(H2,16,17,18). The van der Waals surface area contributed by atoms with Crippen LogP contribution < -0.4 is 10.6 Å². The molecule has 0 fully saturated rings. The second kappa shape index (κ2) is 10.7. The zero-order valence-corrected chi connectivity index (χ0v) is 12.4. The van der Waals surface area contributed by atoms with Gasteiger partial charge in [-0.3, -0.25) is 9.89 Å². The average molecular weight is 298 g/mol. The van der Waals surface area contributed by atoms with Gasteiger partial charge in [0.15, 0.2) is 5.96 Å². The Labute approximate surface area is 118 Å². The molecule has 0 unspecified atom stereocenters. The zero-order valence-electron chi connectivity index (χ0n) is 12.4. The van der Waals surface area contributed by atoms with Crippen LogP contribution in [0.3, 0.4) is 0 Å². The highest BCUT2D eigenvalue weighted by Gasteiger charge is 2.28. The molecule has 0 aromatic rings. The van der Waals surface area contributed by atoms with Crippen molar-refractivity contribution >= 4 is 5.96 Å². The van der Waals surface area contributed by atoms with E-state index >= 15 is 0 Å². The van der Waals surface area contributed by atoms with Crippen LogP contribution in [0.15, 0.2) is 4.99 Å². The van der Waals surface area contributed by atoms with E-state index in [0.717, 1.165) is 13.0 Å². The number of ether oxygens (including phenoxy) is 1. The van der Waals surface area contributed by atoms with Crippen LogP contribution in [0.25, 0.3) is 0 Å². The number of aliphatic imine (C=N–C) groups is 1. The lowest BCUT2D eigenvalue weighted by atomic mass is 10.4. The van der Waals surface area contributed by atoms with E-state index in [9.17, 15) is 13.2 Å². The highest BCUT2D eigenvalue weighted by atomic mass is 19.4. The van der Waals surface area contributed by atoms with Crippen molar-refractivity contribution in [2.75, 3.05) is 54.0 Å². The number of methoxy groups -OCH3 is 1. The van der Waals surface area contributed by atoms with E-state index < -0.39 is 12.7 Å². The molecule has 5 nitrogen and oxygen atoms in total. The molecule has 0 aromatic carbocycles. The molecular formula is C12H25F3N4O. The van der Waals surface area contributed by atoms with Gasteiger partial charge in [-0.05, 0) is 26.4 Å². The Morgan fingerprint density at radius 2 is 1.80 bits per heavy atom. The van der Waals surface area contributed by atoms with E-state index in [-0.39, 0.29) is 0 Å². The Kier molecular flexibility index (Phi) is 10.2. The SMILES string of the molecule is CN=C(NCCCOC)NCCCN(C)CC(F)(F)F. The third kappa shape index (κ3) is 12.0. The Bertz CT molecular complexity index is 272. The summed E-state index contributed by atoms with van der Waals surface area (Å²) in [4.78, 5) is 5.28. The number of hydrogen-bond acceptors (Lipinski definition) is 3. The topological polar surface area (TPSA) is 48.9 Å². The molecule has 0 heterocycles. The van der Waals surface area contributed by atoms with Crippen molar-refractivity contribution in [3.63, 3.8) is 0 Å². The van der Waals surface area contributed by atoms with Crippen LogP contribution in [-0.2, 0) is 4.74 Å². The minimum atomic E-state index is -4.14. The van der Waals surface area contributed by atoms with Gasteiger partial charge in [-0.1, -0.05) is 0 Å². The van der Waals surface area contributed by atoms with Gasteiger partial charge in [0.05, 0.1) is 6.54 Å². The van der Waals surface area contributed by atoms with Gasteiger partial charge < -0.3 is 15.4 Å². The Hall–Kier alpha value is -1.02. The lowest BCUT2D eigenvalue weighted by Gasteiger charge is -2.18. The van der Waals surface area contributed by atoms with E-state index in [1.807, 2.05) is 0 Å². The van der Waals surface area contributed by atoms with Crippen molar-refractivity contribution in [3.05, 3.63) is 0 Å². The first-order chi connectivity index (χ1) is 9.39. The van der Waals surface area contributed by atoms with Crippen molar-refractivity contribution in [2.24, 2.45) is 4.99 Å². The highest BCUT2D eigenvalue weighted by molar-refractivity contribution is 5.79. The van der Waals surface area contributed by atoms with Gasteiger partial charge in [0.2, 0.25) is 0 Å². The van der Waals surface area contributed by atoms with Crippen LogP contribution in [0.5, 0.6) is 0 Å². The quantitative estimate of drug-likeness (QED) is 0.380. The molecular weight excluding hydrogens is 273 g/mol. The van der Waals surface area contributed by atoms with Gasteiger partial charge in [0.25, 0.3) is 0 Å². The first-order valence-electron chi connectivity index (χ1n) is 6.58. The van der Waals surface area contributed by atoms with Crippen molar-refractivity contribution in [2.45, 2.75) is 19.0 Å². The van der Waals surface area contributed by atoms with E-state index in [4.69, 9.17) is 4.74 Å². The second-order valence-corrected chi connectivity index (χ2v) is 4.48. The Balaban J connectivity index is 3.65. The Morgan fingerprint density at radius 3 is 2.30 bits per heavy atom. The van der Waals surface area contributed by atoms with Gasteiger partial charge in [-0.25, -0.2) is 0 Å². The van der Waals surface area contributed by atoms with Crippen molar-refractivity contribution in [3.8, 4) is 0 Å². The lowest BCUT2D eigenvalue weighted by molar-refractivity contribution is -0.143. The lowest BCUT2D eigenvalue weighted by Crippen LogP contribution is -2.39. The molecule has 0 aliphatic rings. The number of rotatable bonds is 9. The van der Waals surface area contributed by atoms with Crippen LogP contribution in [0.1, 0.15) is 12.8 Å². The smallest absolute Gasteiger partial charge is 0.385 e. The third-order valence-corrected chi connectivity index (χ3v) is 2.50. The monoisotopic (exact) mass is 298 g/mol. The molecule has 120 valence electrons. The fourth-order valence-corrected chi connectivity index (χ4v) is 1.58. The summed E-state index contributed by atoms with van der Waals surface area (Å²) in [7, 11) is 4.76. The molecule has 0 aliphatic carbocycles. The number of guanidine groups is 1. The molecule has 0 saturated heterocycles. The number of alkyl halides is 3. The molecule has 0 spiro atoms. The van der Waals surface area contributed by atoms with E-state index in [2.05, 4.69) is 15.6 Å². The van der Waals surface area contributed by atoms with E-state index in [0.29, 0.717) is 32.1 Å². The average Bonchev–Trinajstić information content (AvgIpc) is 2.34. The normalized spacial score (nSPS) is 12.8. The largest absolute Gasteiger partial charge is 0.401 e. The predicted molar refractivity (Wildman–Crippen MR) is 74.0 cm³/mol. The maximum absolute atomic E-state index is 12.1. The minimum absolute atomic E-state index is 0.382. The van der Waals surface area contributed by atoms with Crippen molar-refractivity contribution in [1.29, 1.82) is 0 Å². The van der Waals surface area contributed by atoms with E-state index in [1.54, 1.807) is 14.2 Å². The molecule has 0 saturated carbocycles.